The van der Waals surface area contributed by atoms with Crippen molar-refractivity contribution >= 4 is 29.5 Å². The number of nitrogens with one attached hydrogen (secondary N) is 2. The van der Waals surface area contributed by atoms with Crippen molar-refractivity contribution in [3.05, 3.63) is 53.6 Å². The molecule has 40 heavy (non-hydrogen) atoms. The normalized spacial score (nSPS) is 14.7. The fourth-order valence-corrected chi connectivity index (χ4v) is 4.39. The number of methoxy groups -OCH3 is 1. The van der Waals surface area contributed by atoms with E-state index >= 15 is 0 Å². The van der Waals surface area contributed by atoms with Crippen molar-refractivity contribution < 1.29 is 33.8 Å². The molecule has 0 aliphatic heterocycles. The van der Waals surface area contributed by atoms with E-state index in [0.717, 1.165) is 6.42 Å². The number of ether oxygens (including phenoxy) is 2. The molecule has 216 valence electrons. The smallest absolute Gasteiger partial charge is 0.408 e. The van der Waals surface area contributed by atoms with Crippen LogP contribution in [-0.4, -0.2) is 58.6 Å². The predicted octanol–water partition coefficient (Wildman–Crippen LogP) is 3.54. The molecule has 0 heterocycles. The zero-order valence-electron chi connectivity index (χ0n) is 23.5. The molecule has 11 nitrogen and oxygen atoms in total. The maximum absolute atomic E-state index is 14.1. The molecule has 3 rings (SSSR count). The number of nitrogens with zero attached hydrogens (tertiary/aromatic N) is 1. The van der Waals surface area contributed by atoms with Crippen LogP contribution >= 0.6 is 0 Å². The summed E-state index contributed by atoms with van der Waals surface area (Å²) < 4.78 is 10.5. The number of alkyl carbamates (subject to hydrolysis) is 1. The number of aromatic hydroxyl groups is 1. The number of amides is 4. The Bertz CT molecular complexity index is 1240. The van der Waals surface area contributed by atoms with Crippen LogP contribution in [0.5, 0.6) is 11.5 Å². The molecule has 2 atom stereocenters. The molecular formula is C29H38N4O7. The third-order valence-electron chi connectivity index (χ3n) is 6.54. The Morgan fingerprint density at radius 2 is 1.75 bits per heavy atom. The first kappa shape index (κ1) is 30.3. The lowest BCUT2D eigenvalue weighted by Crippen LogP contribution is -2.57. The van der Waals surface area contributed by atoms with E-state index in [4.69, 9.17) is 15.2 Å². The van der Waals surface area contributed by atoms with Gasteiger partial charge in [-0.1, -0.05) is 6.07 Å². The van der Waals surface area contributed by atoms with Crippen LogP contribution in [0.15, 0.2) is 42.5 Å². The van der Waals surface area contributed by atoms with Crippen LogP contribution in [-0.2, 0) is 19.1 Å². The third kappa shape index (κ3) is 7.87. The van der Waals surface area contributed by atoms with Gasteiger partial charge in [-0.2, -0.15) is 0 Å². The molecule has 0 radical (unpaired) electrons. The van der Waals surface area contributed by atoms with Gasteiger partial charge in [0.05, 0.1) is 13.5 Å². The van der Waals surface area contributed by atoms with Crippen LogP contribution in [0.2, 0.25) is 0 Å². The number of hydrogen-bond donors (Lipinski definition) is 4. The molecular weight excluding hydrogens is 516 g/mol. The van der Waals surface area contributed by atoms with E-state index < -0.39 is 47.9 Å². The minimum atomic E-state index is -1.36. The Labute approximate surface area is 234 Å². The van der Waals surface area contributed by atoms with Crippen LogP contribution in [0.4, 0.5) is 10.5 Å². The Balaban J connectivity index is 2.04. The molecule has 2 aromatic carbocycles. The molecule has 1 aliphatic carbocycles. The van der Waals surface area contributed by atoms with Gasteiger partial charge in [-0.25, -0.2) is 4.79 Å². The molecule has 0 spiro atoms. The van der Waals surface area contributed by atoms with Crippen LogP contribution < -0.4 is 21.1 Å². The number of benzene rings is 2. The van der Waals surface area contributed by atoms with Gasteiger partial charge in [0, 0.05) is 11.7 Å². The molecule has 1 fully saturated rings. The maximum Gasteiger partial charge on any atom is 0.408 e. The number of carbonyl (C=O) groups is 4. The summed E-state index contributed by atoms with van der Waals surface area (Å²) >= 11 is 0. The minimum Gasteiger partial charge on any atom is -0.508 e. The molecule has 2 unspecified atom stereocenters. The van der Waals surface area contributed by atoms with Gasteiger partial charge >= 0.3 is 6.09 Å². The fourth-order valence-electron chi connectivity index (χ4n) is 4.39. The van der Waals surface area contributed by atoms with Gasteiger partial charge in [0.25, 0.3) is 5.91 Å². The number of carbonyl (C=O) groups excluding carboxylic acids is 4. The number of phenolic OH excluding ortho intramolecular Hbond substituents is 1. The van der Waals surface area contributed by atoms with Crippen LogP contribution in [0.25, 0.3) is 0 Å². The average molecular weight is 555 g/mol. The van der Waals surface area contributed by atoms with Crippen molar-refractivity contribution in [2.24, 2.45) is 5.73 Å². The van der Waals surface area contributed by atoms with E-state index in [1.807, 2.05) is 0 Å². The van der Waals surface area contributed by atoms with E-state index in [1.54, 1.807) is 64.1 Å². The highest BCUT2D eigenvalue weighted by Gasteiger charge is 2.42. The van der Waals surface area contributed by atoms with Gasteiger partial charge < -0.3 is 35.8 Å². The monoisotopic (exact) mass is 554 g/mol. The Morgan fingerprint density at radius 1 is 1.10 bits per heavy atom. The number of phenols is 1. The lowest BCUT2D eigenvalue weighted by atomic mass is 9.87. The molecule has 0 saturated heterocycles. The molecule has 2 aromatic rings. The number of hydrogen-bond acceptors (Lipinski definition) is 7. The average Bonchev–Trinajstić information content (AvgIpc) is 2.82. The van der Waals surface area contributed by atoms with Crippen LogP contribution in [0.1, 0.15) is 63.6 Å². The lowest BCUT2D eigenvalue weighted by Gasteiger charge is -2.43. The number of nitrogens with two attached hydrogens (primary N) is 1. The highest BCUT2D eigenvalue weighted by Crippen LogP contribution is 2.36. The van der Waals surface area contributed by atoms with Gasteiger partial charge in [-0.15, -0.1) is 0 Å². The van der Waals surface area contributed by atoms with Crippen molar-refractivity contribution in [1.29, 1.82) is 0 Å². The standard InChI is InChI=1S/C29H38N4O7/c1-17-15-18(9-14-23(17)34)25(26(36)31-19-10-12-21(39-5)13-11-19)33(20-7-6-8-20)27(37)22(16-24(30)35)32-28(38)40-29(2,3)4/h9-15,20,22,25,34H,6-8,16H2,1-5H3,(H2,30,35)(H,31,36)(H,32,38). The van der Waals surface area contributed by atoms with Gasteiger partial charge in [-0.05, 0) is 94.5 Å². The van der Waals surface area contributed by atoms with Crippen molar-refractivity contribution in [3.8, 4) is 11.5 Å². The van der Waals surface area contributed by atoms with Gasteiger partial charge in [-0.3, -0.25) is 14.4 Å². The Kier molecular flexibility index (Phi) is 9.62. The molecule has 0 bridgehead atoms. The van der Waals surface area contributed by atoms with Crippen LogP contribution in [0.3, 0.4) is 0 Å². The summed E-state index contributed by atoms with van der Waals surface area (Å²) in [5.41, 5.74) is 6.05. The second-order valence-corrected chi connectivity index (χ2v) is 10.9. The fraction of sp³-hybridized carbons (Fsp3) is 0.448. The summed E-state index contributed by atoms with van der Waals surface area (Å²) in [5.74, 6) is -1.31. The second kappa shape index (κ2) is 12.7. The van der Waals surface area contributed by atoms with E-state index in [-0.39, 0.29) is 11.8 Å². The minimum absolute atomic E-state index is 0.0396. The van der Waals surface area contributed by atoms with E-state index in [9.17, 15) is 24.3 Å². The first-order chi connectivity index (χ1) is 18.8. The van der Waals surface area contributed by atoms with Gasteiger partial charge in [0.2, 0.25) is 11.8 Å². The van der Waals surface area contributed by atoms with Gasteiger partial charge in [0.15, 0.2) is 0 Å². The molecule has 11 heteroatoms. The molecule has 1 saturated carbocycles. The first-order valence-corrected chi connectivity index (χ1v) is 13.1. The summed E-state index contributed by atoms with van der Waals surface area (Å²) in [7, 11) is 1.53. The van der Waals surface area contributed by atoms with Crippen molar-refractivity contribution in [1.82, 2.24) is 10.2 Å². The molecule has 5 N–H and O–H groups in total. The van der Waals surface area contributed by atoms with Crippen molar-refractivity contribution in [2.45, 2.75) is 77.1 Å². The van der Waals surface area contributed by atoms with E-state index in [1.165, 1.54) is 18.1 Å². The lowest BCUT2D eigenvalue weighted by molar-refractivity contribution is -0.146. The number of rotatable bonds is 10. The predicted molar refractivity (Wildman–Crippen MR) is 149 cm³/mol. The zero-order chi connectivity index (χ0) is 29.6. The molecule has 1 aliphatic rings. The number of anilines is 1. The highest BCUT2D eigenvalue weighted by molar-refractivity contribution is 6.00. The first-order valence-electron chi connectivity index (χ1n) is 13.1. The summed E-state index contributed by atoms with van der Waals surface area (Å²) in [6.45, 7) is 6.70. The third-order valence-corrected chi connectivity index (χ3v) is 6.54. The van der Waals surface area contributed by atoms with E-state index in [0.29, 0.717) is 35.4 Å². The van der Waals surface area contributed by atoms with Gasteiger partial charge in [0.1, 0.15) is 29.2 Å². The second-order valence-electron chi connectivity index (χ2n) is 10.9. The van der Waals surface area contributed by atoms with E-state index in [2.05, 4.69) is 10.6 Å². The zero-order valence-corrected chi connectivity index (χ0v) is 23.5. The van der Waals surface area contributed by atoms with Crippen molar-refractivity contribution in [3.63, 3.8) is 0 Å². The summed E-state index contributed by atoms with van der Waals surface area (Å²) in [6.07, 6.45) is 0.731. The van der Waals surface area contributed by atoms with Crippen LogP contribution in [0, 0.1) is 6.92 Å². The summed E-state index contributed by atoms with van der Waals surface area (Å²) in [6, 6.07) is 8.57. The topological polar surface area (TPSA) is 160 Å². The summed E-state index contributed by atoms with van der Waals surface area (Å²) in [5, 5.41) is 15.5. The Morgan fingerprint density at radius 3 is 2.25 bits per heavy atom. The molecule has 4 amide bonds. The summed E-state index contributed by atoms with van der Waals surface area (Å²) in [4.78, 5) is 54.0. The SMILES string of the molecule is COc1ccc(NC(=O)C(c2ccc(O)c(C)c2)N(C(=O)C(CC(N)=O)NC(=O)OC(C)(C)C)C2CCC2)cc1. The highest BCUT2D eigenvalue weighted by atomic mass is 16.6. The number of aryl methyl sites for hydroxylation is 1. The van der Waals surface area contributed by atoms with Crippen molar-refractivity contribution in [2.75, 3.05) is 12.4 Å². The maximum atomic E-state index is 14.1. The Hall–Kier alpha value is -4.28. The number of primary amides is 1. The molecule has 0 aromatic heterocycles. The quantitative estimate of drug-likeness (QED) is 0.349. The largest absolute Gasteiger partial charge is 0.508 e.